The van der Waals surface area contributed by atoms with Gasteiger partial charge in [0.15, 0.2) is 5.15 Å². The minimum atomic E-state index is -1.06. The molecule has 0 fully saturated rings. The number of rotatable bonds is 1. The topological polar surface area (TPSA) is 66.0 Å². The maximum atomic E-state index is 10.4. The molecule has 2 N–H and O–H groups in total. The van der Waals surface area contributed by atoms with Crippen molar-refractivity contribution in [2.75, 3.05) is 0 Å². The van der Waals surface area contributed by atoms with Crippen LogP contribution in [0, 0.1) is 6.92 Å². The van der Waals surface area contributed by atoms with E-state index in [0.29, 0.717) is 5.69 Å². The van der Waals surface area contributed by atoms with Gasteiger partial charge < -0.3 is 5.11 Å². The second-order valence-electron chi connectivity index (χ2n) is 1.82. The van der Waals surface area contributed by atoms with Crippen molar-refractivity contribution < 1.29 is 9.90 Å². The molecule has 10 heavy (non-hydrogen) atoms. The van der Waals surface area contributed by atoms with Crippen molar-refractivity contribution in [1.29, 1.82) is 0 Å². The molecule has 0 atom stereocenters. The van der Waals surface area contributed by atoms with Crippen LogP contribution in [0.4, 0.5) is 0 Å². The van der Waals surface area contributed by atoms with Crippen LogP contribution in [-0.2, 0) is 0 Å². The zero-order chi connectivity index (χ0) is 7.72. The maximum Gasteiger partial charge on any atom is 0.340 e. The predicted molar refractivity (Wildman–Crippen MR) is 35.3 cm³/mol. The number of aromatic carboxylic acids is 1. The van der Waals surface area contributed by atoms with Crippen LogP contribution in [0.1, 0.15) is 16.1 Å². The van der Waals surface area contributed by atoms with E-state index in [9.17, 15) is 4.79 Å². The largest absolute Gasteiger partial charge is 0.478 e. The molecule has 0 saturated heterocycles. The molecule has 1 heterocycles. The van der Waals surface area contributed by atoms with Crippen LogP contribution in [0.25, 0.3) is 0 Å². The minimum Gasteiger partial charge on any atom is -0.478 e. The molecule has 0 bridgehead atoms. The average Bonchev–Trinajstić information content (AvgIpc) is 2.11. The van der Waals surface area contributed by atoms with Crippen LogP contribution in [0.15, 0.2) is 0 Å². The summed E-state index contributed by atoms with van der Waals surface area (Å²) in [5.41, 5.74) is 0.513. The van der Waals surface area contributed by atoms with Crippen LogP contribution < -0.4 is 0 Å². The molecule has 1 aromatic rings. The second kappa shape index (κ2) is 2.30. The van der Waals surface area contributed by atoms with Gasteiger partial charge in [-0.25, -0.2) is 4.79 Å². The Morgan fingerprint density at radius 2 is 2.40 bits per heavy atom. The highest BCUT2D eigenvalue weighted by Crippen LogP contribution is 2.14. The number of H-pyrrole nitrogens is 1. The second-order valence-corrected chi connectivity index (χ2v) is 2.18. The first-order valence-corrected chi connectivity index (χ1v) is 2.94. The number of aromatic nitrogens is 2. The van der Waals surface area contributed by atoms with Gasteiger partial charge in [-0.3, -0.25) is 5.10 Å². The monoisotopic (exact) mass is 160 g/mol. The van der Waals surface area contributed by atoms with Crippen molar-refractivity contribution in [3.8, 4) is 0 Å². The standard InChI is InChI=1S/C5H5ClN2O2/c1-2-3(5(9)10)4(6)8-7-2/h1H3,(H,7,8)(H,9,10). The first-order valence-electron chi connectivity index (χ1n) is 2.56. The smallest absolute Gasteiger partial charge is 0.340 e. The van der Waals surface area contributed by atoms with E-state index in [0.717, 1.165) is 0 Å². The van der Waals surface area contributed by atoms with Crippen molar-refractivity contribution in [2.45, 2.75) is 6.92 Å². The van der Waals surface area contributed by atoms with Gasteiger partial charge in [0, 0.05) is 5.69 Å². The Hall–Kier alpha value is -1.03. The van der Waals surface area contributed by atoms with Crippen molar-refractivity contribution in [3.63, 3.8) is 0 Å². The van der Waals surface area contributed by atoms with Gasteiger partial charge in [0.2, 0.25) is 0 Å². The molecule has 0 amide bonds. The van der Waals surface area contributed by atoms with Gasteiger partial charge in [0.25, 0.3) is 0 Å². The highest BCUT2D eigenvalue weighted by atomic mass is 35.5. The number of nitrogens with one attached hydrogen (secondary N) is 1. The lowest BCUT2D eigenvalue weighted by molar-refractivity contribution is 0.0696. The van der Waals surface area contributed by atoms with Crippen LogP contribution in [-0.4, -0.2) is 21.3 Å². The van der Waals surface area contributed by atoms with Crippen molar-refractivity contribution in [2.24, 2.45) is 0 Å². The third kappa shape index (κ3) is 0.974. The molecule has 0 aliphatic rings. The van der Waals surface area contributed by atoms with Gasteiger partial charge in [-0.1, -0.05) is 11.6 Å². The lowest BCUT2D eigenvalue weighted by atomic mass is 10.3. The molecule has 0 unspecified atom stereocenters. The van der Waals surface area contributed by atoms with E-state index in [2.05, 4.69) is 10.2 Å². The number of halogens is 1. The summed E-state index contributed by atoms with van der Waals surface area (Å²) in [5, 5.41) is 14.4. The van der Waals surface area contributed by atoms with E-state index >= 15 is 0 Å². The van der Waals surface area contributed by atoms with Crippen molar-refractivity contribution >= 4 is 17.6 Å². The average molecular weight is 161 g/mol. The molecule has 0 radical (unpaired) electrons. The van der Waals surface area contributed by atoms with Crippen LogP contribution in [0.3, 0.4) is 0 Å². The number of carbonyl (C=O) groups is 1. The summed E-state index contributed by atoms with van der Waals surface area (Å²) in [5.74, 6) is -1.06. The van der Waals surface area contributed by atoms with Crippen molar-refractivity contribution in [3.05, 3.63) is 16.4 Å². The fourth-order valence-electron chi connectivity index (χ4n) is 0.648. The summed E-state index contributed by atoms with van der Waals surface area (Å²) in [4.78, 5) is 10.4. The highest BCUT2D eigenvalue weighted by molar-refractivity contribution is 6.32. The Kier molecular flexibility index (Phi) is 1.63. The van der Waals surface area contributed by atoms with E-state index in [4.69, 9.17) is 16.7 Å². The van der Waals surface area contributed by atoms with Crippen LogP contribution >= 0.6 is 11.6 Å². The summed E-state index contributed by atoms with van der Waals surface area (Å²) < 4.78 is 0. The van der Waals surface area contributed by atoms with Gasteiger partial charge in [-0.05, 0) is 6.92 Å². The molecule has 0 aromatic carbocycles. The van der Waals surface area contributed by atoms with E-state index in [1.165, 1.54) is 0 Å². The number of aromatic amines is 1. The van der Waals surface area contributed by atoms with E-state index in [1.807, 2.05) is 0 Å². The molecule has 0 aliphatic heterocycles. The summed E-state index contributed by atoms with van der Waals surface area (Å²) in [6, 6.07) is 0. The maximum absolute atomic E-state index is 10.4. The van der Waals surface area contributed by atoms with Gasteiger partial charge in [0.1, 0.15) is 5.56 Å². The first kappa shape index (κ1) is 7.08. The van der Waals surface area contributed by atoms with Gasteiger partial charge in [-0.15, -0.1) is 0 Å². The zero-order valence-electron chi connectivity index (χ0n) is 5.18. The number of carboxylic acid groups (broad SMARTS) is 1. The minimum absolute atomic E-state index is 0.00463. The van der Waals surface area contributed by atoms with E-state index in [-0.39, 0.29) is 10.7 Å². The fraction of sp³-hybridized carbons (Fsp3) is 0.200. The Morgan fingerprint density at radius 3 is 2.60 bits per heavy atom. The molecular weight excluding hydrogens is 156 g/mol. The molecular formula is C5H5ClN2O2. The van der Waals surface area contributed by atoms with Gasteiger partial charge >= 0.3 is 5.97 Å². The number of aryl methyl sites for hydroxylation is 1. The molecule has 54 valence electrons. The molecule has 0 aliphatic carbocycles. The Balaban J connectivity index is 3.23. The number of hydrogen-bond acceptors (Lipinski definition) is 2. The molecule has 1 aromatic heterocycles. The summed E-state index contributed by atoms with van der Waals surface area (Å²) in [7, 11) is 0. The molecule has 1 rings (SSSR count). The summed E-state index contributed by atoms with van der Waals surface area (Å²) in [6.45, 7) is 1.60. The number of hydrogen-bond donors (Lipinski definition) is 2. The SMILES string of the molecule is Cc1[nH]nc(Cl)c1C(=O)O. The quantitative estimate of drug-likeness (QED) is 0.646. The predicted octanol–water partition coefficient (Wildman–Crippen LogP) is 1.07. The van der Waals surface area contributed by atoms with E-state index in [1.54, 1.807) is 6.92 Å². The zero-order valence-corrected chi connectivity index (χ0v) is 5.94. The van der Waals surface area contributed by atoms with Crippen LogP contribution in [0.5, 0.6) is 0 Å². The molecule has 0 saturated carbocycles. The van der Waals surface area contributed by atoms with Gasteiger partial charge in [-0.2, -0.15) is 5.10 Å². The molecule has 4 nitrogen and oxygen atoms in total. The summed E-state index contributed by atoms with van der Waals surface area (Å²) in [6.07, 6.45) is 0. The Bertz CT molecular complexity index is 249. The fourth-order valence-corrected chi connectivity index (χ4v) is 0.913. The molecule has 0 spiro atoms. The normalized spacial score (nSPS) is 9.80. The Labute approximate surface area is 61.8 Å². The Morgan fingerprint density at radius 1 is 1.80 bits per heavy atom. The highest BCUT2D eigenvalue weighted by Gasteiger charge is 2.14. The van der Waals surface area contributed by atoms with E-state index < -0.39 is 5.97 Å². The number of nitrogens with zero attached hydrogens (tertiary/aromatic N) is 1. The first-order chi connectivity index (χ1) is 4.63. The number of carboxylic acids is 1. The third-order valence-electron chi connectivity index (χ3n) is 1.12. The summed E-state index contributed by atoms with van der Waals surface area (Å²) >= 11 is 5.42. The van der Waals surface area contributed by atoms with Gasteiger partial charge in [0.05, 0.1) is 0 Å². The van der Waals surface area contributed by atoms with Crippen molar-refractivity contribution in [1.82, 2.24) is 10.2 Å². The third-order valence-corrected chi connectivity index (χ3v) is 1.39. The lowest BCUT2D eigenvalue weighted by Crippen LogP contribution is -1.96. The molecule has 5 heteroatoms. The van der Waals surface area contributed by atoms with Crippen LogP contribution in [0.2, 0.25) is 5.15 Å². The lowest BCUT2D eigenvalue weighted by Gasteiger charge is -1.87.